The van der Waals surface area contributed by atoms with E-state index in [0.717, 1.165) is 6.42 Å². The Labute approximate surface area is 56.1 Å². The van der Waals surface area contributed by atoms with E-state index in [1.54, 1.807) is 6.08 Å². The molecule has 0 aromatic heterocycles. The number of rotatable bonds is 3. The average Bonchev–Trinajstić information content (AvgIpc) is 1.85. The Bertz CT molecular complexity index is 139. The third-order valence-electron chi connectivity index (χ3n) is 0.907. The third-order valence-corrected chi connectivity index (χ3v) is 0.907. The molecule has 50 valence electrons. The van der Waals surface area contributed by atoms with Crippen LogP contribution >= 0.6 is 0 Å². The van der Waals surface area contributed by atoms with Gasteiger partial charge in [0.2, 0.25) is 0 Å². The van der Waals surface area contributed by atoms with Gasteiger partial charge in [-0.15, -0.1) is 5.73 Å². The van der Waals surface area contributed by atoms with Crippen LogP contribution in [0.4, 0.5) is 0 Å². The first-order valence-electron chi connectivity index (χ1n) is 3.21. The van der Waals surface area contributed by atoms with Gasteiger partial charge >= 0.3 is 0 Å². The van der Waals surface area contributed by atoms with E-state index >= 15 is 0 Å². The fraction of sp³-hybridized carbons (Fsp3) is 0.500. The van der Waals surface area contributed by atoms with E-state index in [-0.39, 0.29) is 5.78 Å². The average molecular weight is 124 g/mol. The van der Waals surface area contributed by atoms with Gasteiger partial charge in [0.25, 0.3) is 0 Å². The topological polar surface area (TPSA) is 17.1 Å². The second-order valence-corrected chi connectivity index (χ2v) is 1.82. The first-order valence-corrected chi connectivity index (χ1v) is 3.21. The highest BCUT2D eigenvalue weighted by Crippen LogP contribution is 1.88. The van der Waals surface area contributed by atoms with E-state index in [1.165, 1.54) is 6.08 Å². The molecule has 0 radical (unpaired) electrons. The molecular weight excluding hydrogens is 112 g/mol. The largest absolute Gasteiger partial charge is 0.294 e. The van der Waals surface area contributed by atoms with Crippen LogP contribution in [0.5, 0.6) is 0 Å². The van der Waals surface area contributed by atoms with Crippen molar-refractivity contribution in [3.05, 3.63) is 17.9 Å². The van der Waals surface area contributed by atoms with Crippen LogP contribution in [0.15, 0.2) is 17.9 Å². The minimum Gasteiger partial charge on any atom is -0.294 e. The summed E-state index contributed by atoms with van der Waals surface area (Å²) in [5, 5.41) is 0. The Kier molecular flexibility index (Phi) is 4.85. The molecule has 0 aliphatic heterocycles. The highest BCUT2D eigenvalue weighted by Gasteiger charge is 1.89. The number of carbonyl (C=O) groups is 1. The summed E-state index contributed by atoms with van der Waals surface area (Å²) in [7, 11) is 0. The number of allylic oxidation sites excluding steroid dienone is 1. The van der Waals surface area contributed by atoms with E-state index in [2.05, 4.69) is 5.73 Å². The van der Waals surface area contributed by atoms with Crippen molar-refractivity contribution in [2.45, 2.75) is 26.7 Å². The summed E-state index contributed by atoms with van der Waals surface area (Å²) < 4.78 is 0. The maximum absolute atomic E-state index is 10.7. The molecule has 0 spiro atoms. The normalized spacial score (nSPS) is 7.78. The van der Waals surface area contributed by atoms with Crippen LogP contribution in [0, 0.1) is 0 Å². The number of carbonyl (C=O) groups excluding carboxylic acids is 1. The molecule has 0 unspecified atom stereocenters. The summed E-state index contributed by atoms with van der Waals surface area (Å²) in [6.07, 6.45) is 4.78. The second kappa shape index (κ2) is 5.33. The highest BCUT2D eigenvalue weighted by molar-refractivity contribution is 5.89. The lowest BCUT2D eigenvalue weighted by Crippen LogP contribution is -1.88. The molecule has 1 nitrogen and oxygen atoms in total. The van der Waals surface area contributed by atoms with Gasteiger partial charge in [0.05, 0.1) is 0 Å². The van der Waals surface area contributed by atoms with Gasteiger partial charge in [-0.3, -0.25) is 4.79 Å². The first kappa shape index (κ1) is 8.19. The molecule has 0 amide bonds. The zero-order valence-electron chi connectivity index (χ0n) is 5.98. The molecule has 9 heavy (non-hydrogen) atoms. The molecule has 0 aromatic carbocycles. The Balaban J connectivity index is 3.63. The fourth-order valence-corrected chi connectivity index (χ4v) is 0.495. The molecule has 0 aromatic rings. The molecule has 0 N–H and O–H groups in total. The van der Waals surface area contributed by atoms with Crippen molar-refractivity contribution in [1.82, 2.24) is 0 Å². The quantitative estimate of drug-likeness (QED) is 0.416. The maximum Gasteiger partial charge on any atom is 0.163 e. The molecule has 1 heteroatoms. The number of hydrogen-bond donors (Lipinski definition) is 0. The molecule has 0 fully saturated rings. The molecule has 0 saturated heterocycles. The third kappa shape index (κ3) is 5.05. The Morgan fingerprint density at radius 1 is 1.67 bits per heavy atom. The smallest absolute Gasteiger partial charge is 0.163 e. The van der Waals surface area contributed by atoms with Crippen LogP contribution < -0.4 is 0 Å². The van der Waals surface area contributed by atoms with Gasteiger partial charge in [-0.1, -0.05) is 6.92 Å². The van der Waals surface area contributed by atoms with E-state index in [1.807, 2.05) is 13.8 Å². The van der Waals surface area contributed by atoms with Crippen molar-refractivity contribution in [2.75, 3.05) is 0 Å². The standard InChI is InChI=1S/C8H12O/c1-3-5-7-8(9)6-4-2/h3,7H,4,6H2,1-2H3. The molecular formula is C8H12O. The van der Waals surface area contributed by atoms with Crippen molar-refractivity contribution in [3.63, 3.8) is 0 Å². The molecule has 0 bridgehead atoms. The van der Waals surface area contributed by atoms with Gasteiger partial charge in [0, 0.05) is 12.5 Å². The van der Waals surface area contributed by atoms with E-state index in [9.17, 15) is 4.79 Å². The van der Waals surface area contributed by atoms with Gasteiger partial charge in [-0.05, 0) is 19.4 Å². The Morgan fingerprint density at radius 3 is 2.78 bits per heavy atom. The number of ketones is 1. The van der Waals surface area contributed by atoms with Crippen molar-refractivity contribution in [1.29, 1.82) is 0 Å². The minimum atomic E-state index is 0.163. The number of hydrogen-bond acceptors (Lipinski definition) is 1. The van der Waals surface area contributed by atoms with Crippen molar-refractivity contribution < 1.29 is 4.79 Å². The molecule has 0 aliphatic rings. The lowest BCUT2D eigenvalue weighted by Gasteiger charge is -1.83. The molecule has 0 atom stereocenters. The van der Waals surface area contributed by atoms with E-state index in [4.69, 9.17) is 0 Å². The predicted octanol–water partition coefficient (Wildman–Crippen LogP) is 2.09. The molecule has 0 saturated carbocycles. The summed E-state index contributed by atoms with van der Waals surface area (Å²) in [5.74, 6) is 0.163. The summed E-state index contributed by atoms with van der Waals surface area (Å²) in [5.41, 5.74) is 2.73. The van der Waals surface area contributed by atoms with Gasteiger partial charge in [-0.2, -0.15) is 0 Å². The second-order valence-electron chi connectivity index (χ2n) is 1.82. The maximum atomic E-state index is 10.7. The first-order chi connectivity index (χ1) is 4.31. The molecule has 0 rings (SSSR count). The lowest BCUT2D eigenvalue weighted by molar-refractivity contribution is -0.114. The van der Waals surface area contributed by atoms with Crippen molar-refractivity contribution in [3.8, 4) is 0 Å². The van der Waals surface area contributed by atoms with Crippen LogP contribution in [0.2, 0.25) is 0 Å². The van der Waals surface area contributed by atoms with E-state index < -0.39 is 0 Å². The van der Waals surface area contributed by atoms with Crippen LogP contribution in [-0.2, 0) is 4.79 Å². The SMILES string of the molecule is CC=C=CC(=O)CCC. The van der Waals surface area contributed by atoms with Crippen LogP contribution in [0.3, 0.4) is 0 Å². The van der Waals surface area contributed by atoms with Gasteiger partial charge in [0.1, 0.15) is 0 Å². The van der Waals surface area contributed by atoms with Crippen LogP contribution in [0.25, 0.3) is 0 Å². The summed E-state index contributed by atoms with van der Waals surface area (Å²) >= 11 is 0. The monoisotopic (exact) mass is 124 g/mol. The highest BCUT2D eigenvalue weighted by atomic mass is 16.1. The summed E-state index contributed by atoms with van der Waals surface area (Å²) in [6, 6.07) is 0. The van der Waals surface area contributed by atoms with E-state index in [0.29, 0.717) is 6.42 Å². The Morgan fingerprint density at radius 2 is 2.33 bits per heavy atom. The summed E-state index contributed by atoms with van der Waals surface area (Å²) in [6.45, 7) is 3.83. The minimum absolute atomic E-state index is 0.163. The summed E-state index contributed by atoms with van der Waals surface area (Å²) in [4.78, 5) is 10.7. The Hall–Kier alpha value is -0.810. The van der Waals surface area contributed by atoms with Crippen molar-refractivity contribution in [2.24, 2.45) is 0 Å². The van der Waals surface area contributed by atoms with Crippen LogP contribution in [0.1, 0.15) is 26.7 Å². The zero-order chi connectivity index (χ0) is 7.11. The van der Waals surface area contributed by atoms with Gasteiger partial charge in [-0.25, -0.2) is 0 Å². The van der Waals surface area contributed by atoms with Crippen LogP contribution in [-0.4, -0.2) is 5.78 Å². The molecule has 0 heterocycles. The molecule has 0 aliphatic carbocycles. The van der Waals surface area contributed by atoms with Gasteiger partial charge < -0.3 is 0 Å². The van der Waals surface area contributed by atoms with Crippen molar-refractivity contribution >= 4 is 5.78 Å². The van der Waals surface area contributed by atoms with Gasteiger partial charge in [0.15, 0.2) is 5.78 Å². The predicted molar refractivity (Wildman–Crippen MR) is 38.2 cm³/mol. The lowest BCUT2D eigenvalue weighted by atomic mass is 10.2. The zero-order valence-corrected chi connectivity index (χ0v) is 5.98. The fourth-order valence-electron chi connectivity index (χ4n) is 0.495.